The molecule has 6 nitrogen and oxygen atoms in total. The second-order valence-corrected chi connectivity index (χ2v) is 7.52. The van der Waals surface area contributed by atoms with Gasteiger partial charge in [-0.1, -0.05) is 35.9 Å². The van der Waals surface area contributed by atoms with Crippen molar-refractivity contribution >= 4 is 17.4 Å². The molecule has 1 aromatic carbocycles. The molecule has 0 bridgehead atoms. The van der Waals surface area contributed by atoms with Gasteiger partial charge in [0.05, 0.1) is 11.4 Å². The van der Waals surface area contributed by atoms with Crippen LogP contribution in [0.3, 0.4) is 0 Å². The quantitative estimate of drug-likeness (QED) is 0.679. The molecule has 1 aliphatic heterocycles. The van der Waals surface area contributed by atoms with Gasteiger partial charge in [-0.25, -0.2) is 9.67 Å². The van der Waals surface area contributed by atoms with E-state index in [9.17, 15) is 4.79 Å². The highest BCUT2D eigenvalue weighted by atomic mass is 35.5. The van der Waals surface area contributed by atoms with Crippen LogP contribution < -0.4 is 10.5 Å². The van der Waals surface area contributed by atoms with E-state index in [0.29, 0.717) is 11.6 Å². The van der Waals surface area contributed by atoms with Crippen LogP contribution in [-0.2, 0) is 13.6 Å². The molecule has 7 heteroatoms. The summed E-state index contributed by atoms with van der Waals surface area (Å²) in [5, 5.41) is 0.300. The first-order valence-electron chi connectivity index (χ1n) is 9.47. The molecule has 0 saturated carbocycles. The Morgan fingerprint density at radius 2 is 1.71 bits per heavy atom. The molecule has 3 heterocycles. The van der Waals surface area contributed by atoms with Crippen LogP contribution in [0.15, 0.2) is 53.3 Å². The van der Waals surface area contributed by atoms with E-state index < -0.39 is 0 Å². The molecule has 0 amide bonds. The molecular weight excluding hydrogens is 374 g/mol. The highest BCUT2D eigenvalue weighted by Gasteiger charge is 2.23. The van der Waals surface area contributed by atoms with Gasteiger partial charge in [0.1, 0.15) is 10.8 Å². The van der Waals surface area contributed by atoms with Crippen molar-refractivity contribution in [1.82, 2.24) is 19.2 Å². The van der Waals surface area contributed by atoms with Gasteiger partial charge in [0.25, 0.3) is 5.56 Å². The number of benzene rings is 1. The SMILES string of the molecule is Cc1cccc(N2CCN(Cc3c(Cl)c(=O)n(-c4ccccc4)n3C)CC2)n1. The average Bonchev–Trinajstić information content (AvgIpc) is 2.92. The van der Waals surface area contributed by atoms with Crippen molar-refractivity contribution < 1.29 is 0 Å². The molecule has 1 aliphatic rings. The van der Waals surface area contributed by atoms with Crippen molar-refractivity contribution in [1.29, 1.82) is 0 Å². The number of piperazine rings is 1. The molecule has 0 radical (unpaired) electrons. The molecule has 28 heavy (non-hydrogen) atoms. The fraction of sp³-hybridized carbons (Fsp3) is 0.333. The minimum atomic E-state index is -0.173. The van der Waals surface area contributed by atoms with Crippen molar-refractivity contribution in [2.24, 2.45) is 7.05 Å². The number of rotatable bonds is 4. The lowest BCUT2D eigenvalue weighted by Gasteiger charge is -2.35. The Labute approximate surface area is 169 Å². The van der Waals surface area contributed by atoms with Crippen LogP contribution in [0.1, 0.15) is 11.4 Å². The summed E-state index contributed by atoms with van der Waals surface area (Å²) in [6.07, 6.45) is 0. The van der Waals surface area contributed by atoms with Gasteiger partial charge in [0.15, 0.2) is 0 Å². The van der Waals surface area contributed by atoms with Crippen molar-refractivity contribution in [3.8, 4) is 5.69 Å². The molecule has 2 aromatic heterocycles. The van der Waals surface area contributed by atoms with Crippen LogP contribution in [0.4, 0.5) is 5.82 Å². The summed E-state index contributed by atoms with van der Waals surface area (Å²) in [7, 11) is 1.89. The minimum Gasteiger partial charge on any atom is -0.354 e. The maximum atomic E-state index is 12.7. The second kappa shape index (κ2) is 7.81. The van der Waals surface area contributed by atoms with Crippen molar-refractivity contribution in [3.63, 3.8) is 0 Å². The van der Waals surface area contributed by atoms with Gasteiger partial charge in [-0.3, -0.25) is 14.4 Å². The molecule has 0 N–H and O–H groups in total. The van der Waals surface area contributed by atoms with E-state index in [0.717, 1.165) is 49.1 Å². The summed E-state index contributed by atoms with van der Waals surface area (Å²) in [6, 6.07) is 15.7. The normalized spacial score (nSPS) is 15.2. The summed E-state index contributed by atoms with van der Waals surface area (Å²) >= 11 is 6.43. The first-order valence-corrected chi connectivity index (χ1v) is 9.85. The monoisotopic (exact) mass is 397 g/mol. The summed E-state index contributed by atoms with van der Waals surface area (Å²) in [4.78, 5) is 22.0. The minimum absolute atomic E-state index is 0.173. The lowest BCUT2D eigenvalue weighted by atomic mass is 10.2. The number of hydrogen-bond donors (Lipinski definition) is 0. The molecule has 0 atom stereocenters. The number of pyridine rings is 1. The zero-order valence-electron chi connectivity index (χ0n) is 16.2. The zero-order valence-corrected chi connectivity index (χ0v) is 16.9. The fourth-order valence-electron chi connectivity index (χ4n) is 3.70. The second-order valence-electron chi connectivity index (χ2n) is 7.14. The van der Waals surface area contributed by atoms with Crippen molar-refractivity contribution in [3.05, 3.63) is 75.3 Å². The van der Waals surface area contributed by atoms with Crippen molar-refractivity contribution in [2.45, 2.75) is 13.5 Å². The molecule has 0 aliphatic carbocycles. The molecule has 0 unspecified atom stereocenters. The van der Waals surface area contributed by atoms with Crippen LogP contribution in [0.25, 0.3) is 5.69 Å². The van der Waals surface area contributed by atoms with Crippen LogP contribution >= 0.6 is 11.6 Å². The third-order valence-electron chi connectivity index (χ3n) is 5.27. The fourth-order valence-corrected chi connectivity index (χ4v) is 3.96. The van der Waals surface area contributed by atoms with Crippen LogP contribution in [0, 0.1) is 6.92 Å². The lowest BCUT2D eigenvalue weighted by Crippen LogP contribution is -2.46. The van der Waals surface area contributed by atoms with E-state index in [1.54, 1.807) is 4.68 Å². The molecule has 4 rings (SSSR count). The van der Waals surface area contributed by atoms with Gasteiger partial charge in [-0.2, -0.15) is 0 Å². The van der Waals surface area contributed by atoms with Gasteiger partial charge in [0, 0.05) is 45.5 Å². The van der Waals surface area contributed by atoms with Gasteiger partial charge >= 0.3 is 0 Å². The predicted octanol–water partition coefficient (Wildman–Crippen LogP) is 2.86. The summed E-state index contributed by atoms with van der Waals surface area (Å²) in [5.74, 6) is 1.03. The largest absolute Gasteiger partial charge is 0.354 e. The number of hydrogen-bond acceptors (Lipinski definition) is 4. The van der Waals surface area contributed by atoms with Gasteiger partial charge in [-0.05, 0) is 31.2 Å². The van der Waals surface area contributed by atoms with E-state index in [-0.39, 0.29) is 5.56 Å². The molecular formula is C21H24ClN5O. The Bertz CT molecular complexity index is 1020. The van der Waals surface area contributed by atoms with Gasteiger partial charge < -0.3 is 4.90 Å². The Balaban J connectivity index is 1.50. The number of aromatic nitrogens is 3. The van der Waals surface area contributed by atoms with Gasteiger partial charge in [0.2, 0.25) is 0 Å². The average molecular weight is 398 g/mol. The molecule has 3 aromatic rings. The number of nitrogens with zero attached hydrogens (tertiary/aromatic N) is 5. The standard InChI is InChI=1S/C21H24ClN5O/c1-16-7-6-10-19(23-16)26-13-11-25(12-14-26)15-18-20(22)21(28)27(24(18)2)17-8-4-3-5-9-17/h3-10H,11-15H2,1-2H3. The maximum absolute atomic E-state index is 12.7. The third-order valence-corrected chi connectivity index (χ3v) is 5.65. The Morgan fingerprint density at radius 1 is 1.00 bits per heavy atom. The number of halogens is 1. The first kappa shape index (κ1) is 18.8. The van der Waals surface area contributed by atoms with E-state index >= 15 is 0 Å². The summed E-state index contributed by atoms with van der Waals surface area (Å²) in [5.41, 5.74) is 2.52. The smallest absolute Gasteiger partial charge is 0.290 e. The van der Waals surface area contributed by atoms with E-state index in [4.69, 9.17) is 11.6 Å². The summed E-state index contributed by atoms with van der Waals surface area (Å²) in [6.45, 7) is 6.27. The molecule has 1 fully saturated rings. The Kier molecular flexibility index (Phi) is 5.24. The highest BCUT2D eigenvalue weighted by molar-refractivity contribution is 6.31. The highest BCUT2D eigenvalue weighted by Crippen LogP contribution is 2.19. The Morgan fingerprint density at radius 3 is 2.39 bits per heavy atom. The summed E-state index contributed by atoms with van der Waals surface area (Å²) < 4.78 is 3.50. The number of aryl methyl sites for hydroxylation is 1. The number of anilines is 1. The number of para-hydroxylation sites is 1. The molecule has 1 saturated heterocycles. The van der Waals surface area contributed by atoms with E-state index in [1.807, 2.05) is 61.1 Å². The topological polar surface area (TPSA) is 46.3 Å². The van der Waals surface area contributed by atoms with E-state index in [2.05, 4.69) is 20.9 Å². The van der Waals surface area contributed by atoms with Crippen LogP contribution in [-0.4, -0.2) is 45.4 Å². The molecule has 146 valence electrons. The van der Waals surface area contributed by atoms with Crippen LogP contribution in [0.5, 0.6) is 0 Å². The third kappa shape index (κ3) is 3.57. The van der Waals surface area contributed by atoms with E-state index in [1.165, 1.54) is 0 Å². The zero-order chi connectivity index (χ0) is 19.7. The van der Waals surface area contributed by atoms with Crippen LogP contribution in [0.2, 0.25) is 5.02 Å². The first-order chi connectivity index (χ1) is 13.5. The lowest BCUT2D eigenvalue weighted by molar-refractivity contribution is 0.242. The Hall–Kier alpha value is -2.57. The maximum Gasteiger partial charge on any atom is 0.290 e. The van der Waals surface area contributed by atoms with Crippen molar-refractivity contribution in [2.75, 3.05) is 31.1 Å². The molecule has 0 spiro atoms. The predicted molar refractivity (Wildman–Crippen MR) is 112 cm³/mol. The van der Waals surface area contributed by atoms with Gasteiger partial charge in [-0.15, -0.1) is 0 Å².